The van der Waals surface area contributed by atoms with Gasteiger partial charge >= 0.3 is 29.8 Å². The average molecular weight is 478 g/mol. The van der Waals surface area contributed by atoms with Gasteiger partial charge in [-0.1, -0.05) is 0 Å². The van der Waals surface area contributed by atoms with Gasteiger partial charge in [-0.3, -0.25) is 38.8 Å². The van der Waals surface area contributed by atoms with Crippen LogP contribution in [0.15, 0.2) is 0 Å². The number of rotatable bonds is 10. The zero-order chi connectivity index (χ0) is 25.1. The molecular weight excluding hydrogens is 448 g/mol. The van der Waals surface area contributed by atoms with Gasteiger partial charge in [0.05, 0.1) is 32.2 Å². The smallest absolute Gasteiger partial charge is 0.334 e. The molecule has 0 aliphatic carbocycles. The predicted octanol–water partition coefficient (Wildman–Crippen LogP) is -3.64. The summed E-state index contributed by atoms with van der Waals surface area (Å²) in [6, 6.07) is -1.32. The first-order valence-corrected chi connectivity index (χ1v) is 10.1. The molecule has 6 N–H and O–H groups in total. The summed E-state index contributed by atoms with van der Waals surface area (Å²) in [6.07, 6.45) is -2.05. The average Bonchev–Trinajstić information content (AvgIpc) is 2.67. The summed E-state index contributed by atoms with van der Waals surface area (Å²) in [5, 5.41) is 56.4. The van der Waals surface area contributed by atoms with Gasteiger partial charge in [0.15, 0.2) is 6.10 Å². The molecule has 15 heteroatoms. The highest BCUT2D eigenvalue weighted by Gasteiger charge is 2.35. The molecule has 1 aliphatic rings. The topological polar surface area (TPSA) is 220 Å². The van der Waals surface area contributed by atoms with Gasteiger partial charge in [0.2, 0.25) is 0 Å². The minimum absolute atomic E-state index is 0.0116. The second-order valence-electron chi connectivity index (χ2n) is 7.68. The Morgan fingerprint density at radius 3 is 1.36 bits per heavy atom. The maximum absolute atomic E-state index is 11.5. The summed E-state index contributed by atoms with van der Waals surface area (Å²) >= 11 is 0. The maximum Gasteiger partial charge on any atom is 0.334 e. The Balaban J connectivity index is 3.31. The van der Waals surface area contributed by atoms with Crippen molar-refractivity contribution in [1.29, 1.82) is 0 Å². The van der Waals surface area contributed by atoms with Crippen LogP contribution in [0.2, 0.25) is 0 Å². The molecule has 0 aromatic carbocycles. The molecule has 1 saturated heterocycles. The first-order valence-electron chi connectivity index (χ1n) is 10.1. The van der Waals surface area contributed by atoms with E-state index in [1.54, 1.807) is 0 Å². The Bertz CT molecular complexity index is 720. The third-order valence-corrected chi connectivity index (χ3v) is 5.12. The quantitative estimate of drug-likeness (QED) is 0.178. The van der Waals surface area contributed by atoms with Gasteiger partial charge in [-0.05, 0) is 0 Å². The van der Waals surface area contributed by atoms with Crippen molar-refractivity contribution >= 4 is 29.8 Å². The fourth-order valence-electron chi connectivity index (χ4n) is 3.56. The minimum atomic E-state index is -2.05. The van der Waals surface area contributed by atoms with Crippen molar-refractivity contribution in [2.75, 3.05) is 72.0 Å². The highest BCUT2D eigenvalue weighted by atomic mass is 16.4. The van der Waals surface area contributed by atoms with Crippen LogP contribution < -0.4 is 0 Å². The van der Waals surface area contributed by atoms with E-state index in [0.29, 0.717) is 0 Å². The van der Waals surface area contributed by atoms with Gasteiger partial charge in [-0.25, -0.2) is 4.79 Å². The minimum Gasteiger partial charge on any atom is -0.480 e. The van der Waals surface area contributed by atoms with Crippen LogP contribution in [0.1, 0.15) is 0 Å². The second kappa shape index (κ2) is 13.6. The van der Waals surface area contributed by atoms with E-state index in [-0.39, 0.29) is 52.4 Å². The van der Waals surface area contributed by atoms with Crippen LogP contribution >= 0.6 is 0 Å². The normalized spacial score (nSPS) is 21.4. The van der Waals surface area contributed by atoms with Crippen LogP contribution in [-0.2, 0) is 24.0 Å². The molecule has 2 unspecified atom stereocenters. The molecule has 1 rings (SSSR count). The van der Waals surface area contributed by atoms with E-state index in [9.17, 15) is 49.5 Å². The molecule has 0 saturated carbocycles. The maximum atomic E-state index is 11.5. The summed E-state index contributed by atoms with van der Waals surface area (Å²) in [5.74, 6) is -6.48. The van der Waals surface area contributed by atoms with Crippen molar-refractivity contribution in [3.63, 3.8) is 0 Å². The molecule has 1 aliphatic heterocycles. The van der Waals surface area contributed by atoms with E-state index in [4.69, 9.17) is 5.11 Å². The van der Waals surface area contributed by atoms with Crippen molar-refractivity contribution in [3.8, 4) is 0 Å². The number of carboxylic acid groups (broad SMARTS) is 5. The van der Waals surface area contributed by atoms with E-state index in [2.05, 4.69) is 0 Å². The van der Waals surface area contributed by atoms with Gasteiger partial charge in [-0.2, -0.15) is 0 Å². The molecule has 188 valence electrons. The SMILES string of the molecule is O=C(O)CN1CCN(CC(=O)O)CCN(CC(=O)O)C(C(O)C(=O)O)CN(CC(=O)O)CC1. The highest BCUT2D eigenvalue weighted by molar-refractivity contribution is 5.74. The zero-order valence-electron chi connectivity index (χ0n) is 17.9. The van der Waals surface area contributed by atoms with Crippen LogP contribution in [0.5, 0.6) is 0 Å². The first-order chi connectivity index (χ1) is 15.4. The first kappa shape index (κ1) is 28.2. The monoisotopic (exact) mass is 478 g/mol. The molecule has 0 amide bonds. The molecular formula is C18H30N4O11. The molecule has 33 heavy (non-hydrogen) atoms. The molecule has 0 spiro atoms. The molecule has 1 heterocycles. The van der Waals surface area contributed by atoms with E-state index in [1.807, 2.05) is 0 Å². The van der Waals surface area contributed by atoms with Crippen molar-refractivity contribution in [2.45, 2.75) is 12.1 Å². The summed E-state index contributed by atoms with van der Waals surface area (Å²) in [5.41, 5.74) is 0. The third kappa shape index (κ3) is 11.0. The highest BCUT2D eigenvalue weighted by Crippen LogP contribution is 2.11. The molecule has 2 atom stereocenters. The fraction of sp³-hybridized carbons (Fsp3) is 0.722. The van der Waals surface area contributed by atoms with Gasteiger partial charge < -0.3 is 30.6 Å². The van der Waals surface area contributed by atoms with E-state index in [1.165, 1.54) is 19.6 Å². The number of hydrogen-bond acceptors (Lipinski definition) is 10. The lowest BCUT2D eigenvalue weighted by atomic mass is 10.1. The zero-order valence-corrected chi connectivity index (χ0v) is 17.9. The van der Waals surface area contributed by atoms with E-state index < -0.39 is 61.6 Å². The van der Waals surface area contributed by atoms with Crippen LogP contribution in [0.25, 0.3) is 0 Å². The number of aliphatic carboxylic acids is 5. The number of nitrogens with zero attached hydrogens (tertiary/aromatic N) is 4. The second-order valence-corrected chi connectivity index (χ2v) is 7.68. The predicted molar refractivity (Wildman–Crippen MR) is 109 cm³/mol. The number of hydrogen-bond donors (Lipinski definition) is 6. The Morgan fingerprint density at radius 2 is 0.970 bits per heavy atom. The van der Waals surface area contributed by atoms with Gasteiger partial charge in [0, 0.05) is 45.8 Å². The van der Waals surface area contributed by atoms with Crippen LogP contribution in [-0.4, -0.2) is 164 Å². The molecule has 1 fully saturated rings. The largest absolute Gasteiger partial charge is 0.480 e. The third-order valence-electron chi connectivity index (χ3n) is 5.12. The molecule has 0 bridgehead atoms. The van der Waals surface area contributed by atoms with Crippen LogP contribution in [0, 0.1) is 0 Å². The Morgan fingerprint density at radius 1 is 0.606 bits per heavy atom. The van der Waals surface area contributed by atoms with Gasteiger partial charge in [0.1, 0.15) is 0 Å². The lowest BCUT2D eigenvalue weighted by molar-refractivity contribution is -0.154. The van der Waals surface area contributed by atoms with Gasteiger partial charge in [-0.15, -0.1) is 0 Å². The van der Waals surface area contributed by atoms with Crippen molar-refractivity contribution in [3.05, 3.63) is 0 Å². The van der Waals surface area contributed by atoms with E-state index in [0.717, 1.165) is 0 Å². The molecule has 15 nitrogen and oxygen atoms in total. The van der Waals surface area contributed by atoms with Crippen LogP contribution in [0.3, 0.4) is 0 Å². The van der Waals surface area contributed by atoms with Crippen molar-refractivity contribution < 1.29 is 54.6 Å². The summed E-state index contributed by atoms with van der Waals surface area (Å²) < 4.78 is 0. The fourth-order valence-corrected chi connectivity index (χ4v) is 3.56. The Kier molecular flexibility index (Phi) is 11.7. The van der Waals surface area contributed by atoms with Crippen LogP contribution in [0.4, 0.5) is 0 Å². The Labute approximate surface area is 189 Å². The summed E-state index contributed by atoms with van der Waals surface area (Å²) in [7, 11) is 0. The standard InChI is InChI=1S/C18H30N4O11/c23-13(24)8-19-1-2-20(9-14(25)26)5-6-22(11-16(29)30)12(17(31)18(32)33)7-21(4-3-19)10-15(27)28/h12,17,31H,1-11H2,(H,23,24)(H,25,26)(H,27,28)(H,29,30)(H,32,33). The van der Waals surface area contributed by atoms with E-state index >= 15 is 0 Å². The van der Waals surface area contributed by atoms with Crippen molar-refractivity contribution in [1.82, 2.24) is 19.6 Å². The molecule has 0 aromatic rings. The summed E-state index contributed by atoms with van der Waals surface area (Å²) in [6.45, 7) is -2.15. The van der Waals surface area contributed by atoms with Gasteiger partial charge in [0.25, 0.3) is 0 Å². The Hall–Kier alpha value is -2.85. The van der Waals surface area contributed by atoms with Crippen molar-refractivity contribution in [2.24, 2.45) is 0 Å². The number of aliphatic hydroxyl groups excluding tert-OH is 1. The number of aliphatic hydroxyl groups is 1. The lowest BCUT2D eigenvalue weighted by Crippen LogP contribution is -2.58. The summed E-state index contributed by atoms with van der Waals surface area (Å²) in [4.78, 5) is 62.1. The molecule has 0 aromatic heterocycles. The number of carbonyl (C=O) groups is 5. The lowest BCUT2D eigenvalue weighted by Gasteiger charge is -2.38. The number of carboxylic acids is 5. The molecule has 0 radical (unpaired) electrons.